The number of anilines is 1. The van der Waals surface area contributed by atoms with Gasteiger partial charge in [-0.2, -0.15) is 0 Å². The number of para-hydroxylation sites is 2. The number of rotatable bonds is 13. The molecule has 0 saturated heterocycles. The Morgan fingerprint density at radius 2 is 1.66 bits per heavy atom. The van der Waals surface area contributed by atoms with E-state index in [1.165, 1.54) is 6.08 Å². The molecular formula is C26H33NO5. The van der Waals surface area contributed by atoms with Gasteiger partial charge in [-0.3, -0.25) is 9.59 Å². The summed E-state index contributed by atoms with van der Waals surface area (Å²) in [5, 5.41) is 11.5. The van der Waals surface area contributed by atoms with Crippen molar-refractivity contribution in [2.45, 2.75) is 52.9 Å². The molecule has 2 aromatic rings. The number of carbonyl (C=O) groups is 2. The molecule has 2 aromatic carbocycles. The summed E-state index contributed by atoms with van der Waals surface area (Å²) in [6.45, 7) is 7.19. The van der Waals surface area contributed by atoms with Crippen LogP contribution >= 0.6 is 0 Å². The SMILES string of the molecule is CCCCCOc1ccc(C=CC(=O)Nc2ccccc2OCCCC(=O)O)c(C)c1C. The van der Waals surface area contributed by atoms with Crippen molar-refractivity contribution < 1.29 is 24.2 Å². The molecule has 0 heterocycles. The summed E-state index contributed by atoms with van der Waals surface area (Å²) in [5.74, 6) is 0.260. The number of hydrogen-bond acceptors (Lipinski definition) is 4. The maximum absolute atomic E-state index is 12.5. The lowest BCUT2D eigenvalue weighted by atomic mass is 10.0. The topological polar surface area (TPSA) is 84.9 Å². The molecule has 0 unspecified atom stereocenters. The minimum absolute atomic E-state index is 0.0403. The van der Waals surface area contributed by atoms with E-state index in [4.69, 9.17) is 14.6 Å². The van der Waals surface area contributed by atoms with Crippen molar-refractivity contribution in [3.63, 3.8) is 0 Å². The lowest BCUT2D eigenvalue weighted by molar-refractivity contribution is -0.137. The van der Waals surface area contributed by atoms with Crippen LogP contribution in [0.1, 0.15) is 55.7 Å². The number of carboxylic acid groups (broad SMARTS) is 1. The Morgan fingerprint density at radius 1 is 0.938 bits per heavy atom. The van der Waals surface area contributed by atoms with Gasteiger partial charge in [0.1, 0.15) is 11.5 Å². The summed E-state index contributed by atoms with van der Waals surface area (Å²) in [7, 11) is 0. The molecule has 0 aromatic heterocycles. The third kappa shape index (κ3) is 8.10. The molecule has 0 aliphatic rings. The van der Waals surface area contributed by atoms with Crippen molar-refractivity contribution in [1.82, 2.24) is 0 Å². The van der Waals surface area contributed by atoms with Gasteiger partial charge in [0, 0.05) is 12.5 Å². The molecule has 6 heteroatoms. The predicted molar refractivity (Wildman–Crippen MR) is 127 cm³/mol. The molecular weight excluding hydrogens is 406 g/mol. The van der Waals surface area contributed by atoms with E-state index in [1.54, 1.807) is 30.3 Å². The second-order valence-electron chi connectivity index (χ2n) is 7.62. The summed E-state index contributed by atoms with van der Waals surface area (Å²) >= 11 is 0. The van der Waals surface area contributed by atoms with Crippen LogP contribution in [0.25, 0.3) is 6.08 Å². The Morgan fingerprint density at radius 3 is 2.41 bits per heavy atom. The first-order valence-corrected chi connectivity index (χ1v) is 11.1. The molecule has 0 radical (unpaired) electrons. The maximum Gasteiger partial charge on any atom is 0.303 e. The number of ether oxygens (including phenoxy) is 2. The minimum Gasteiger partial charge on any atom is -0.493 e. The van der Waals surface area contributed by atoms with E-state index in [9.17, 15) is 9.59 Å². The van der Waals surface area contributed by atoms with E-state index < -0.39 is 5.97 Å². The molecule has 2 N–H and O–H groups in total. The average Bonchev–Trinajstić information content (AvgIpc) is 2.77. The Kier molecular flexibility index (Phi) is 10.3. The highest BCUT2D eigenvalue weighted by Gasteiger charge is 2.08. The fourth-order valence-electron chi connectivity index (χ4n) is 3.13. The number of benzene rings is 2. The summed E-state index contributed by atoms with van der Waals surface area (Å²) in [6, 6.07) is 11.0. The highest BCUT2D eigenvalue weighted by molar-refractivity contribution is 6.02. The fourth-order valence-corrected chi connectivity index (χ4v) is 3.13. The third-order valence-corrected chi connectivity index (χ3v) is 5.14. The summed E-state index contributed by atoms with van der Waals surface area (Å²) in [5.41, 5.74) is 3.64. The van der Waals surface area contributed by atoms with Gasteiger partial charge in [0.15, 0.2) is 0 Å². The second-order valence-corrected chi connectivity index (χ2v) is 7.62. The monoisotopic (exact) mass is 439 g/mol. The van der Waals surface area contributed by atoms with Gasteiger partial charge in [0.25, 0.3) is 0 Å². The molecule has 32 heavy (non-hydrogen) atoms. The lowest BCUT2D eigenvalue weighted by Crippen LogP contribution is -2.10. The van der Waals surface area contributed by atoms with Gasteiger partial charge in [-0.25, -0.2) is 0 Å². The van der Waals surface area contributed by atoms with Crippen LogP contribution in [0.3, 0.4) is 0 Å². The predicted octanol–water partition coefficient (Wildman–Crippen LogP) is 5.77. The van der Waals surface area contributed by atoms with Crippen LogP contribution in [-0.2, 0) is 9.59 Å². The lowest BCUT2D eigenvalue weighted by Gasteiger charge is -2.13. The fraction of sp³-hybridized carbons (Fsp3) is 0.385. The highest BCUT2D eigenvalue weighted by atomic mass is 16.5. The van der Waals surface area contributed by atoms with Crippen LogP contribution < -0.4 is 14.8 Å². The molecule has 172 valence electrons. The molecule has 0 spiro atoms. The van der Waals surface area contributed by atoms with Gasteiger partial charge >= 0.3 is 5.97 Å². The number of carbonyl (C=O) groups excluding carboxylic acids is 1. The second kappa shape index (κ2) is 13.2. The molecule has 0 aliphatic carbocycles. The molecule has 6 nitrogen and oxygen atoms in total. The number of hydrogen-bond donors (Lipinski definition) is 2. The van der Waals surface area contributed by atoms with Gasteiger partial charge in [0.05, 0.1) is 18.9 Å². The molecule has 2 rings (SSSR count). The Hall–Kier alpha value is -3.28. The van der Waals surface area contributed by atoms with E-state index in [0.717, 1.165) is 41.7 Å². The van der Waals surface area contributed by atoms with Crippen LogP contribution in [0.5, 0.6) is 11.5 Å². The third-order valence-electron chi connectivity index (χ3n) is 5.14. The summed E-state index contributed by atoms with van der Waals surface area (Å²) < 4.78 is 11.5. The number of unbranched alkanes of at least 4 members (excludes halogenated alkanes) is 2. The van der Waals surface area contributed by atoms with Crippen LogP contribution in [0.2, 0.25) is 0 Å². The number of amides is 1. The standard InChI is InChI=1S/C26H33NO5/c1-4-5-8-17-31-23-15-13-21(19(2)20(23)3)14-16-25(28)27-22-10-6-7-11-24(22)32-18-9-12-26(29)30/h6-7,10-11,13-16H,4-5,8-9,12,17-18H2,1-3H3,(H,27,28)(H,29,30). The average molecular weight is 440 g/mol. The molecule has 1 amide bonds. The van der Waals surface area contributed by atoms with Crippen molar-refractivity contribution in [3.8, 4) is 11.5 Å². The van der Waals surface area contributed by atoms with Gasteiger partial charge in [0.2, 0.25) is 5.91 Å². The number of carboxylic acids is 1. The first-order chi connectivity index (χ1) is 15.4. The summed E-state index contributed by atoms with van der Waals surface area (Å²) in [4.78, 5) is 23.1. The van der Waals surface area contributed by atoms with Crippen LogP contribution in [-0.4, -0.2) is 30.2 Å². The van der Waals surface area contributed by atoms with Gasteiger partial charge in [-0.15, -0.1) is 0 Å². The number of aliphatic carboxylic acids is 1. The zero-order chi connectivity index (χ0) is 23.3. The van der Waals surface area contributed by atoms with Gasteiger partial charge in [-0.05, 0) is 67.7 Å². The van der Waals surface area contributed by atoms with Gasteiger partial charge < -0.3 is 19.9 Å². The molecule has 0 fully saturated rings. The van der Waals surface area contributed by atoms with Crippen molar-refractivity contribution in [1.29, 1.82) is 0 Å². The largest absolute Gasteiger partial charge is 0.493 e. The van der Waals surface area contributed by atoms with E-state index in [2.05, 4.69) is 12.2 Å². The first kappa shape index (κ1) is 25.0. The Balaban J connectivity index is 1.97. The Labute approximate surface area is 190 Å². The molecule has 0 bridgehead atoms. The minimum atomic E-state index is -0.859. The molecule has 0 saturated carbocycles. The van der Waals surface area contributed by atoms with Crippen LogP contribution in [0.15, 0.2) is 42.5 Å². The van der Waals surface area contributed by atoms with E-state index >= 15 is 0 Å². The van der Waals surface area contributed by atoms with Crippen molar-refractivity contribution >= 4 is 23.6 Å². The van der Waals surface area contributed by atoms with Crippen LogP contribution in [0.4, 0.5) is 5.69 Å². The zero-order valence-corrected chi connectivity index (χ0v) is 19.1. The van der Waals surface area contributed by atoms with Crippen LogP contribution in [0, 0.1) is 13.8 Å². The number of nitrogens with one attached hydrogen (secondary N) is 1. The highest BCUT2D eigenvalue weighted by Crippen LogP contribution is 2.26. The normalized spacial score (nSPS) is 10.8. The van der Waals surface area contributed by atoms with E-state index in [1.807, 2.05) is 26.0 Å². The van der Waals surface area contributed by atoms with Gasteiger partial charge in [-0.1, -0.05) is 38.0 Å². The van der Waals surface area contributed by atoms with E-state index in [-0.39, 0.29) is 18.9 Å². The summed E-state index contributed by atoms with van der Waals surface area (Å²) in [6.07, 6.45) is 7.08. The molecule has 0 aliphatic heterocycles. The van der Waals surface area contributed by atoms with Crippen molar-refractivity contribution in [2.24, 2.45) is 0 Å². The molecule has 0 atom stereocenters. The maximum atomic E-state index is 12.5. The van der Waals surface area contributed by atoms with E-state index in [0.29, 0.717) is 24.5 Å². The first-order valence-electron chi connectivity index (χ1n) is 11.1. The van der Waals surface area contributed by atoms with Crippen molar-refractivity contribution in [3.05, 3.63) is 59.2 Å². The zero-order valence-electron chi connectivity index (χ0n) is 19.1. The van der Waals surface area contributed by atoms with Crippen molar-refractivity contribution in [2.75, 3.05) is 18.5 Å². The smallest absolute Gasteiger partial charge is 0.303 e. The quantitative estimate of drug-likeness (QED) is 0.306. The Bertz CT molecular complexity index is 936.